The third kappa shape index (κ3) is 8.23. The first kappa shape index (κ1) is 20.8. The molecule has 2 aromatic rings. The van der Waals surface area contributed by atoms with Crippen molar-refractivity contribution in [1.82, 2.24) is 15.6 Å². The lowest BCUT2D eigenvalue weighted by molar-refractivity contribution is 0.733. The number of aliphatic imine (C=N–C) groups is 1. The molecule has 4 nitrogen and oxygen atoms in total. The molecule has 0 saturated heterocycles. The van der Waals surface area contributed by atoms with E-state index in [-0.39, 0.29) is 0 Å². The molecule has 0 spiro atoms. The Labute approximate surface area is 165 Å². The number of unbranched alkanes of at least 4 members (excludes halogenated alkanes) is 1. The summed E-state index contributed by atoms with van der Waals surface area (Å²) in [6.07, 6.45) is 6.60. The zero-order valence-corrected chi connectivity index (χ0v) is 17.5. The fraction of sp³-hybridized carbons (Fsp3) is 0.500. The van der Waals surface area contributed by atoms with E-state index in [4.69, 9.17) is 4.98 Å². The minimum Gasteiger partial charge on any atom is -0.357 e. The molecule has 0 fully saturated rings. The maximum absolute atomic E-state index is 4.73. The number of thioether (sulfide) groups is 1. The van der Waals surface area contributed by atoms with Crippen molar-refractivity contribution in [3.05, 3.63) is 52.0 Å². The highest BCUT2D eigenvalue weighted by molar-refractivity contribution is 7.98. The normalized spacial score (nSPS) is 11.5. The molecule has 0 saturated carbocycles. The van der Waals surface area contributed by atoms with E-state index in [2.05, 4.69) is 64.5 Å². The molecule has 0 atom stereocenters. The quantitative estimate of drug-likeness (QED) is 0.344. The highest BCUT2D eigenvalue weighted by Gasteiger charge is 2.03. The molecule has 142 valence electrons. The molecular weight excluding hydrogens is 360 g/mol. The first-order valence-electron chi connectivity index (χ1n) is 9.30. The van der Waals surface area contributed by atoms with Gasteiger partial charge in [0, 0.05) is 24.9 Å². The second-order valence-electron chi connectivity index (χ2n) is 6.04. The second kappa shape index (κ2) is 12.8. The number of thiazole rings is 1. The largest absolute Gasteiger partial charge is 0.357 e. The van der Waals surface area contributed by atoms with Crippen molar-refractivity contribution in [2.45, 2.75) is 39.2 Å². The molecule has 0 radical (unpaired) electrons. The van der Waals surface area contributed by atoms with Gasteiger partial charge in [-0.2, -0.15) is 11.8 Å². The SMILES string of the molecule is CCNC(=NCc1csc(CCc2ccccc2)n1)NCCCCSC. The van der Waals surface area contributed by atoms with E-state index in [0.29, 0.717) is 6.54 Å². The Morgan fingerprint density at radius 1 is 1.15 bits per heavy atom. The summed E-state index contributed by atoms with van der Waals surface area (Å²) in [6.45, 7) is 4.55. The van der Waals surface area contributed by atoms with Crippen LogP contribution < -0.4 is 10.6 Å². The van der Waals surface area contributed by atoms with Gasteiger partial charge < -0.3 is 10.6 Å². The molecule has 0 aliphatic heterocycles. The van der Waals surface area contributed by atoms with Gasteiger partial charge in [0.1, 0.15) is 0 Å². The fourth-order valence-electron chi connectivity index (χ4n) is 2.51. The topological polar surface area (TPSA) is 49.3 Å². The van der Waals surface area contributed by atoms with Crippen LogP contribution in [0.3, 0.4) is 0 Å². The zero-order chi connectivity index (χ0) is 18.5. The Balaban J connectivity index is 1.78. The maximum atomic E-state index is 4.73. The summed E-state index contributed by atoms with van der Waals surface area (Å²) in [4.78, 5) is 9.40. The maximum Gasteiger partial charge on any atom is 0.191 e. The van der Waals surface area contributed by atoms with Gasteiger partial charge in [-0.05, 0) is 43.8 Å². The number of hydrogen-bond donors (Lipinski definition) is 2. The van der Waals surface area contributed by atoms with Gasteiger partial charge >= 0.3 is 0 Å². The van der Waals surface area contributed by atoms with Crippen LogP contribution in [0.5, 0.6) is 0 Å². The van der Waals surface area contributed by atoms with Crippen LogP contribution in [-0.4, -0.2) is 36.0 Å². The Kier molecular flexibility index (Phi) is 10.2. The molecule has 2 N–H and O–H groups in total. The molecule has 1 aromatic heterocycles. The predicted molar refractivity (Wildman–Crippen MR) is 116 cm³/mol. The summed E-state index contributed by atoms with van der Waals surface area (Å²) in [6, 6.07) is 10.6. The fourth-order valence-corrected chi connectivity index (χ4v) is 3.79. The Bertz CT molecular complexity index is 640. The summed E-state index contributed by atoms with van der Waals surface area (Å²) in [5.41, 5.74) is 2.42. The Morgan fingerprint density at radius 2 is 2.00 bits per heavy atom. The van der Waals surface area contributed by atoms with Crippen LogP contribution in [0.4, 0.5) is 0 Å². The van der Waals surface area contributed by atoms with Crippen LogP contribution in [0, 0.1) is 0 Å². The van der Waals surface area contributed by atoms with Gasteiger partial charge in [-0.1, -0.05) is 30.3 Å². The summed E-state index contributed by atoms with van der Waals surface area (Å²) in [5.74, 6) is 2.11. The van der Waals surface area contributed by atoms with Crippen molar-refractivity contribution in [1.29, 1.82) is 0 Å². The molecule has 0 aliphatic rings. The standard InChI is InChI=1S/C20H30N4S2/c1-3-21-20(22-13-7-8-14-25-2)23-15-18-16-26-19(24-18)12-11-17-9-5-4-6-10-17/h4-6,9-10,16H,3,7-8,11-15H2,1-2H3,(H2,21,22,23). The van der Waals surface area contributed by atoms with E-state index < -0.39 is 0 Å². The molecule has 6 heteroatoms. The van der Waals surface area contributed by atoms with Gasteiger partial charge in [0.05, 0.1) is 17.2 Å². The van der Waals surface area contributed by atoms with Crippen LogP contribution >= 0.6 is 23.1 Å². The molecule has 0 aliphatic carbocycles. The van der Waals surface area contributed by atoms with Gasteiger partial charge in [0.2, 0.25) is 0 Å². The number of guanidine groups is 1. The average molecular weight is 391 g/mol. The number of hydrogen-bond acceptors (Lipinski definition) is 4. The molecule has 0 unspecified atom stereocenters. The number of nitrogens with one attached hydrogen (secondary N) is 2. The first-order chi connectivity index (χ1) is 12.8. The van der Waals surface area contributed by atoms with Crippen LogP contribution in [0.25, 0.3) is 0 Å². The van der Waals surface area contributed by atoms with Crippen molar-refractivity contribution in [2.75, 3.05) is 25.1 Å². The summed E-state index contributed by atoms with van der Waals surface area (Å²) in [5, 5.41) is 10.0. The molecule has 26 heavy (non-hydrogen) atoms. The highest BCUT2D eigenvalue weighted by atomic mass is 32.2. The van der Waals surface area contributed by atoms with E-state index in [9.17, 15) is 0 Å². The van der Waals surface area contributed by atoms with Crippen molar-refractivity contribution in [2.24, 2.45) is 4.99 Å². The zero-order valence-electron chi connectivity index (χ0n) is 15.8. The van der Waals surface area contributed by atoms with Gasteiger partial charge in [-0.15, -0.1) is 11.3 Å². The molecular formula is C20H30N4S2. The molecule has 1 heterocycles. The number of benzene rings is 1. The lowest BCUT2D eigenvalue weighted by Gasteiger charge is -2.10. The Morgan fingerprint density at radius 3 is 2.77 bits per heavy atom. The molecule has 2 rings (SSSR count). The van der Waals surface area contributed by atoms with E-state index in [0.717, 1.165) is 37.6 Å². The van der Waals surface area contributed by atoms with Gasteiger partial charge in [-0.3, -0.25) is 0 Å². The highest BCUT2D eigenvalue weighted by Crippen LogP contribution is 2.14. The lowest BCUT2D eigenvalue weighted by Crippen LogP contribution is -2.37. The second-order valence-corrected chi connectivity index (χ2v) is 7.97. The third-order valence-electron chi connectivity index (χ3n) is 3.88. The number of nitrogens with zero attached hydrogens (tertiary/aromatic N) is 2. The van der Waals surface area contributed by atoms with E-state index in [1.54, 1.807) is 11.3 Å². The van der Waals surface area contributed by atoms with E-state index in [1.807, 2.05) is 11.8 Å². The number of aromatic nitrogens is 1. The Hall–Kier alpha value is -1.53. The summed E-state index contributed by atoms with van der Waals surface area (Å²) < 4.78 is 0. The predicted octanol–water partition coefficient (Wildman–Crippen LogP) is 4.13. The molecule has 0 amide bonds. The summed E-state index contributed by atoms with van der Waals surface area (Å²) >= 11 is 3.64. The van der Waals surface area contributed by atoms with Gasteiger partial charge in [0.15, 0.2) is 5.96 Å². The number of aryl methyl sites for hydroxylation is 2. The molecule has 0 bridgehead atoms. The average Bonchev–Trinajstić information content (AvgIpc) is 3.13. The van der Waals surface area contributed by atoms with Crippen LogP contribution in [0.15, 0.2) is 40.7 Å². The van der Waals surface area contributed by atoms with E-state index in [1.165, 1.54) is 29.2 Å². The van der Waals surface area contributed by atoms with Crippen molar-refractivity contribution >= 4 is 29.1 Å². The summed E-state index contributed by atoms with van der Waals surface area (Å²) in [7, 11) is 0. The van der Waals surface area contributed by atoms with Crippen molar-refractivity contribution in [3.63, 3.8) is 0 Å². The van der Waals surface area contributed by atoms with Crippen LogP contribution in [0.1, 0.15) is 36.0 Å². The van der Waals surface area contributed by atoms with E-state index >= 15 is 0 Å². The lowest BCUT2D eigenvalue weighted by atomic mass is 10.1. The monoisotopic (exact) mass is 390 g/mol. The van der Waals surface area contributed by atoms with Gasteiger partial charge in [-0.25, -0.2) is 9.98 Å². The molecule has 1 aromatic carbocycles. The third-order valence-corrected chi connectivity index (χ3v) is 5.54. The van der Waals surface area contributed by atoms with Crippen molar-refractivity contribution < 1.29 is 0 Å². The minimum absolute atomic E-state index is 0.627. The van der Waals surface area contributed by atoms with Crippen LogP contribution in [-0.2, 0) is 19.4 Å². The minimum atomic E-state index is 0.627. The first-order valence-corrected chi connectivity index (χ1v) is 11.6. The number of rotatable bonds is 11. The smallest absolute Gasteiger partial charge is 0.191 e. The van der Waals surface area contributed by atoms with Crippen molar-refractivity contribution in [3.8, 4) is 0 Å². The van der Waals surface area contributed by atoms with Gasteiger partial charge in [0.25, 0.3) is 0 Å². The van der Waals surface area contributed by atoms with Crippen LogP contribution in [0.2, 0.25) is 0 Å².